The zero-order valence-electron chi connectivity index (χ0n) is 11.4. The minimum absolute atomic E-state index is 0.126. The number of ether oxygens (including phenoxy) is 1. The molecule has 1 aromatic rings. The first-order valence-corrected chi connectivity index (χ1v) is 8.14. The van der Waals surface area contributed by atoms with E-state index in [1.54, 1.807) is 0 Å². The largest absolute Gasteiger partial charge is 0.490 e. The van der Waals surface area contributed by atoms with E-state index in [0.717, 1.165) is 28.1 Å². The highest BCUT2D eigenvalue weighted by Gasteiger charge is 2.33. The maximum atomic E-state index is 6.33. The number of hydrogen-bond donors (Lipinski definition) is 1. The maximum Gasteiger partial charge on any atom is 0.125 e. The highest BCUT2D eigenvalue weighted by molar-refractivity contribution is 9.10. The Morgan fingerprint density at radius 2 is 1.95 bits per heavy atom. The molecular weight excluding hydrogens is 302 g/mol. The maximum absolute atomic E-state index is 6.33. The lowest BCUT2D eigenvalue weighted by Crippen LogP contribution is -2.36. The molecular formula is C16H22BrNO. The molecule has 2 nitrogen and oxygen atoms in total. The number of rotatable bonds is 1. The second-order valence-corrected chi connectivity index (χ2v) is 7.12. The highest BCUT2D eigenvalue weighted by Crippen LogP contribution is 2.41. The van der Waals surface area contributed by atoms with Crippen LogP contribution in [0.25, 0.3) is 0 Å². The Labute approximate surface area is 123 Å². The normalized spacial score (nSPS) is 34.5. The molecule has 2 aliphatic rings. The van der Waals surface area contributed by atoms with Crippen LogP contribution in [0, 0.1) is 11.8 Å². The predicted molar refractivity (Wildman–Crippen MR) is 81.2 cm³/mol. The van der Waals surface area contributed by atoms with Gasteiger partial charge in [0.15, 0.2) is 0 Å². The first-order valence-electron chi connectivity index (χ1n) is 7.35. The van der Waals surface area contributed by atoms with Crippen molar-refractivity contribution in [3.63, 3.8) is 0 Å². The summed E-state index contributed by atoms with van der Waals surface area (Å²) in [6.45, 7) is 2.36. The third kappa shape index (κ3) is 2.82. The van der Waals surface area contributed by atoms with Crippen molar-refractivity contribution < 1.29 is 4.74 Å². The monoisotopic (exact) mass is 323 g/mol. The van der Waals surface area contributed by atoms with Crippen LogP contribution < -0.4 is 10.5 Å². The summed E-state index contributed by atoms with van der Waals surface area (Å²) in [4.78, 5) is 0. The fourth-order valence-electron chi connectivity index (χ4n) is 3.45. The van der Waals surface area contributed by atoms with Gasteiger partial charge in [0.25, 0.3) is 0 Å². The summed E-state index contributed by atoms with van der Waals surface area (Å²) in [7, 11) is 0. The lowest BCUT2D eigenvalue weighted by molar-refractivity contribution is 0.0702. The molecule has 0 bridgehead atoms. The highest BCUT2D eigenvalue weighted by atomic mass is 79.9. The summed E-state index contributed by atoms with van der Waals surface area (Å²) in [6.07, 6.45) is 6.54. The molecule has 1 fully saturated rings. The van der Waals surface area contributed by atoms with Gasteiger partial charge in [-0.2, -0.15) is 0 Å². The summed E-state index contributed by atoms with van der Waals surface area (Å²) in [5.41, 5.74) is 7.48. The first kappa shape index (κ1) is 13.4. The zero-order chi connectivity index (χ0) is 13.4. The first-order chi connectivity index (χ1) is 9.13. The van der Waals surface area contributed by atoms with Gasteiger partial charge in [0.2, 0.25) is 0 Å². The third-order valence-corrected chi connectivity index (χ3v) is 5.22. The van der Waals surface area contributed by atoms with E-state index in [1.807, 2.05) is 6.07 Å². The SMILES string of the molecule is CC1CCC(C2CC(N)c3ccc(Br)cc3O2)CC1. The molecule has 3 rings (SSSR count). The molecule has 1 aromatic carbocycles. The Bertz CT molecular complexity index is 454. The Hall–Kier alpha value is -0.540. The smallest absolute Gasteiger partial charge is 0.125 e. The minimum Gasteiger partial charge on any atom is -0.490 e. The van der Waals surface area contributed by atoms with Gasteiger partial charge in [-0.05, 0) is 36.8 Å². The van der Waals surface area contributed by atoms with Crippen LogP contribution >= 0.6 is 15.9 Å². The molecule has 0 aromatic heterocycles. The number of nitrogens with two attached hydrogens (primary N) is 1. The van der Waals surface area contributed by atoms with Crippen LogP contribution in [-0.4, -0.2) is 6.10 Å². The molecule has 19 heavy (non-hydrogen) atoms. The van der Waals surface area contributed by atoms with Crippen LogP contribution in [0.3, 0.4) is 0 Å². The Kier molecular flexibility index (Phi) is 3.86. The molecule has 3 heteroatoms. The van der Waals surface area contributed by atoms with Crippen molar-refractivity contribution in [1.82, 2.24) is 0 Å². The van der Waals surface area contributed by atoms with Gasteiger partial charge in [-0.3, -0.25) is 0 Å². The standard InChI is InChI=1S/C16H22BrNO/c1-10-2-4-11(5-3-10)15-9-14(18)13-7-6-12(17)8-16(13)19-15/h6-8,10-11,14-15H,2-5,9,18H2,1H3. The van der Waals surface area contributed by atoms with Crippen molar-refractivity contribution in [2.24, 2.45) is 17.6 Å². The van der Waals surface area contributed by atoms with Crippen LogP contribution in [0.2, 0.25) is 0 Å². The van der Waals surface area contributed by atoms with Crippen molar-refractivity contribution >= 4 is 15.9 Å². The molecule has 1 saturated carbocycles. The molecule has 2 atom stereocenters. The number of benzene rings is 1. The van der Waals surface area contributed by atoms with Gasteiger partial charge >= 0.3 is 0 Å². The lowest BCUT2D eigenvalue weighted by Gasteiger charge is -2.38. The van der Waals surface area contributed by atoms with E-state index in [2.05, 4.69) is 35.0 Å². The van der Waals surface area contributed by atoms with E-state index in [-0.39, 0.29) is 6.04 Å². The van der Waals surface area contributed by atoms with Gasteiger partial charge in [0.1, 0.15) is 11.9 Å². The molecule has 0 saturated heterocycles. The fraction of sp³-hybridized carbons (Fsp3) is 0.625. The van der Waals surface area contributed by atoms with Crippen molar-refractivity contribution in [2.75, 3.05) is 0 Å². The predicted octanol–water partition coefficient (Wildman–Crippen LogP) is 4.43. The molecule has 1 heterocycles. The van der Waals surface area contributed by atoms with E-state index in [4.69, 9.17) is 10.5 Å². The third-order valence-electron chi connectivity index (χ3n) is 4.73. The average Bonchev–Trinajstić information content (AvgIpc) is 2.38. The van der Waals surface area contributed by atoms with E-state index >= 15 is 0 Å². The quantitative estimate of drug-likeness (QED) is 0.829. The molecule has 0 amide bonds. The van der Waals surface area contributed by atoms with Gasteiger partial charge in [0.05, 0.1) is 0 Å². The molecule has 1 aliphatic heterocycles. The van der Waals surface area contributed by atoms with Crippen molar-refractivity contribution in [3.8, 4) is 5.75 Å². The van der Waals surface area contributed by atoms with Gasteiger partial charge in [-0.15, -0.1) is 0 Å². The second kappa shape index (κ2) is 5.45. The van der Waals surface area contributed by atoms with E-state index in [0.29, 0.717) is 12.0 Å². The minimum atomic E-state index is 0.126. The number of hydrogen-bond acceptors (Lipinski definition) is 2. The van der Waals surface area contributed by atoms with Gasteiger partial charge in [-0.25, -0.2) is 0 Å². The van der Waals surface area contributed by atoms with Crippen LogP contribution in [0.5, 0.6) is 5.75 Å². The second-order valence-electron chi connectivity index (χ2n) is 6.20. The average molecular weight is 324 g/mol. The molecule has 0 radical (unpaired) electrons. The summed E-state index contributed by atoms with van der Waals surface area (Å²) >= 11 is 3.51. The summed E-state index contributed by atoms with van der Waals surface area (Å²) < 4.78 is 7.31. The molecule has 1 aliphatic carbocycles. The van der Waals surface area contributed by atoms with Crippen LogP contribution in [-0.2, 0) is 0 Å². The Morgan fingerprint density at radius 1 is 1.21 bits per heavy atom. The van der Waals surface area contributed by atoms with Gasteiger partial charge < -0.3 is 10.5 Å². The molecule has 104 valence electrons. The van der Waals surface area contributed by atoms with Gasteiger partial charge in [-0.1, -0.05) is 41.8 Å². The summed E-state index contributed by atoms with van der Waals surface area (Å²) in [5.74, 6) is 2.56. The number of fused-ring (bicyclic) bond motifs is 1. The molecule has 2 unspecified atom stereocenters. The summed E-state index contributed by atoms with van der Waals surface area (Å²) in [6, 6.07) is 6.32. The Balaban J connectivity index is 1.76. The fourth-order valence-corrected chi connectivity index (χ4v) is 3.79. The van der Waals surface area contributed by atoms with E-state index < -0.39 is 0 Å². The van der Waals surface area contributed by atoms with Crippen molar-refractivity contribution in [1.29, 1.82) is 0 Å². The van der Waals surface area contributed by atoms with Crippen molar-refractivity contribution in [2.45, 2.75) is 51.2 Å². The number of halogens is 1. The van der Waals surface area contributed by atoms with E-state index in [1.165, 1.54) is 25.7 Å². The zero-order valence-corrected chi connectivity index (χ0v) is 13.0. The summed E-state index contributed by atoms with van der Waals surface area (Å²) in [5, 5.41) is 0. The van der Waals surface area contributed by atoms with Crippen LogP contribution in [0.15, 0.2) is 22.7 Å². The van der Waals surface area contributed by atoms with Crippen LogP contribution in [0.1, 0.15) is 50.6 Å². The van der Waals surface area contributed by atoms with Gasteiger partial charge in [0, 0.05) is 22.5 Å². The molecule has 0 spiro atoms. The molecule has 2 N–H and O–H groups in total. The lowest BCUT2D eigenvalue weighted by atomic mass is 9.77. The van der Waals surface area contributed by atoms with E-state index in [9.17, 15) is 0 Å². The topological polar surface area (TPSA) is 35.2 Å². The van der Waals surface area contributed by atoms with Crippen LogP contribution in [0.4, 0.5) is 0 Å². The van der Waals surface area contributed by atoms with Crippen molar-refractivity contribution in [3.05, 3.63) is 28.2 Å². The Morgan fingerprint density at radius 3 is 2.68 bits per heavy atom.